The van der Waals surface area contributed by atoms with E-state index in [0.29, 0.717) is 51.3 Å². The number of thiazole rings is 1. The lowest BCUT2D eigenvalue weighted by Gasteiger charge is -2.24. The molecule has 1 aromatic heterocycles. The summed E-state index contributed by atoms with van der Waals surface area (Å²) >= 11 is 7.47. The molecule has 2 aliphatic rings. The Morgan fingerprint density at radius 2 is 1.95 bits per heavy atom. The molecule has 0 radical (unpaired) electrons. The van der Waals surface area contributed by atoms with Crippen LogP contribution in [0.2, 0.25) is 5.02 Å². The van der Waals surface area contributed by atoms with Gasteiger partial charge >= 0.3 is 5.91 Å². The van der Waals surface area contributed by atoms with Gasteiger partial charge in [-0.3, -0.25) is 14.5 Å². The predicted molar refractivity (Wildman–Crippen MR) is 168 cm³/mol. The predicted octanol–water partition coefficient (Wildman–Crippen LogP) is 7.48. The lowest BCUT2D eigenvalue weighted by atomic mass is 9.94. The Kier molecular flexibility index (Phi) is 8.03. The Labute approximate surface area is 258 Å². The van der Waals surface area contributed by atoms with Gasteiger partial charge in [-0.2, -0.15) is 0 Å². The number of aliphatic hydroxyl groups is 1. The van der Waals surface area contributed by atoms with Crippen molar-refractivity contribution in [2.45, 2.75) is 51.7 Å². The number of amides is 1. The number of ether oxygens (including phenoxy) is 3. The number of anilines is 1. The van der Waals surface area contributed by atoms with Crippen LogP contribution in [-0.4, -0.2) is 41.6 Å². The number of aliphatic hydroxyl groups excluding tert-OH is 1. The number of methoxy groups -OCH3 is 1. The summed E-state index contributed by atoms with van der Waals surface area (Å²) < 4.78 is 18.2. The van der Waals surface area contributed by atoms with Crippen LogP contribution in [0.1, 0.15) is 55.8 Å². The first-order valence-corrected chi connectivity index (χ1v) is 15.5. The zero-order chi connectivity index (χ0) is 30.2. The molecule has 1 fully saturated rings. The SMILES string of the molecule is CCCCCOc1ccc(C2C(=C(O)c3ccc4c(c3)CC(C)O4)C(=O)C(=O)N2c2nc3ccc(Cl)cc3s2)cc1OC. The van der Waals surface area contributed by atoms with Crippen molar-refractivity contribution in [3.63, 3.8) is 0 Å². The van der Waals surface area contributed by atoms with Gasteiger partial charge in [0, 0.05) is 17.0 Å². The molecule has 4 aromatic rings. The third-order valence-corrected chi connectivity index (χ3v) is 8.92. The highest BCUT2D eigenvalue weighted by atomic mass is 35.5. The smallest absolute Gasteiger partial charge is 0.301 e. The number of ketones is 1. The zero-order valence-electron chi connectivity index (χ0n) is 24.1. The number of unbranched alkanes of at least 4 members (excludes halogenated alkanes) is 2. The normalized spacial score (nSPS) is 19.1. The van der Waals surface area contributed by atoms with Crippen molar-refractivity contribution in [1.29, 1.82) is 0 Å². The van der Waals surface area contributed by atoms with Crippen LogP contribution in [0, 0.1) is 0 Å². The minimum atomic E-state index is -0.970. The van der Waals surface area contributed by atoms with Crippen LogP contribution in [0.5, 0.6) is 17.2 Å². The molecule has 1 amide bonds. The number of Topliss-reactive ketones (excluding diaryl/α,β-unsaturated/α-hetero) is 1. The molecule has 2 unspecified atom stereocenters. The molecule has 1 saturated heterocycles. The van der Waals surface area contributed by atoms with E-state index in [9.17, 15) is 14.7 Å². The maximum atomic E-state index is 13.7. The van der Waals surface area contributed by atoms with Gasteiger partial charge in [0.25, 0.3) is 5.78 Å². The maximum Gasteiger partial charge on any atom is 0.301 e. The van der Waals surface area contributed by atoms with Gasteiger partial charge in [0.2, 0.25) is 0 Å². The van der Waals surface area contributed by atoms with E-state index >= 15 is 0 Å². The van der Waals surface area contributed by atoms with Crippen molar-refractivity contribution < 1.29 is 28.9 Å². The first kappa shape index (κ1) is 29.0. The molecule has 8 nitrogen and oxygen atoms in total. The fourth-order valence-corrected chi connectivity index (χ4v) is 6.84. The van der Waals surface area contributed by atoms with Crippen molar-refractivity contribution in [2.24, 2.45) is 0 Å². The van der Waals surface area contributed by atoms with Gasteiger partial charge in [0.15, 0.2) is 16.6 Å². The molecule has 1 N–H and O–H groups in total. The lowest BCUT2D eigenvalue weighted by Crippen LogP contribution is -2.29. The Bertz CT molecular complexity index is 1770. The third kappa shape index (κ3) is 5.43. The van der Waals surface area contributed by atoms with Crippen LogP contribution >= 0.6 is 22.9 Å². The second-order valence-electron chi connectivity index (χ2n) is 10.7. The van der Waals surface area contributed by atoms with Crippen LogP contribution < -0.4 is 19.1 Å². The molecule has 0 aliphatic carbocycles. The highest BCUT2D eigenvalue weighted by Crippen LogP contribution is 2.46. The number of hydrogen-bond acceptors (Lipinski definition) is 8. The molecular weight excluding hydrogens is 588 g/mol. The average molecular weight is 619 g/mol. The number of hydrogen-bond donors (Lipinski definition) is 1. The van der Waals surface area contributed by atoms with E-state index in [2.05, 4.69) is 11.9 Å². The number of nitrogens with zero attached hydrogens (tertiary/aromatic N) is 2. The second kappa shape index (κ2) is 11.9. The van der Waals surface area contributed by atoms with Crippen molar-refractivity contribution >= 4 is 55.7 Å². The van der Waals surface area contributed by atoms with Crippen molar-refractivity contribution in [3.8, 4) is 17.2 Å². The first-order valence-electron chi connectivity index (χ1n) is 14.3. The van der Waals surface area contributed by atoms with Crippen LogP contribution in [0.4, 0.5) is 5.13 Å². The van der Waals surface area contributed by atoms with E-state index in [1.54, 1.807) is 55.6 Å². The number of benzene rings is 3. The summed E-state index contributed by atoms with van der Waals surface area (Å²) in [4.78, 5) is 33.5. The lowest BCUT2D eigenvalue weighted by molar-refractivity contribution is -0.132. The molecule has 0 bridgehead atoms. The molecule has 2 atom stereocenters. The van der Waals surface area contributed by atoms with Crippen molar-refractivity contribution in [2.75, 3.05) is 18.6 Å². The van der Waals surface area contributed by atoms with Crippen LogP contribution in [0.3, 0.4) is 0 Å². The van der Waals surface area contributed by atoms with E-state index in [0.717, 1.165) is 35.3 Å². The monoisotopic (exact) mass is 618 g/mol. The Morgan fingerprint density at radius 3 is 2.74 bits per heavy atom. The molecule has 43 heavy (non-hydrogen) atoms. The Morgan fingerprint density at radius 1 is 1.12 bits per heavy atom. The molecule has 222 valence electrons. The summed E-state index contributed by atoms with van der Waals surface area (Å²) in [7, 11) is 1.54. The highest BCUT2D eigenvalue weighted by Gasteiger charge is 2.48. The summed E-state index contributed by atoms with van der Waals surface area (Å²) in [6.45, 7) is 4.64. The summed E-state index contributed by atoms with van der Waals surface area (Å²) in [6, 6.07) is 14.9. The molecule has 6 rings (SSSR count). The molecule has 0 saturated carbocycles. The fraction of sp³-hybridized carbons (Fsp3) is 0.303. The van der Waals surface area contributed by atoms with E-state index in [1.807, 2.05) is 13.0 Å². The van der Waals surface area contributed by atoms with Gasteiger partial charge in [0.05, 0.1) is 35.5 Å². The molecule has 0 spiro atoms. The minimum absolute atomic E-state index is 0.0145. The van der Waals surface area contributed by atoms with Crippen LogP contribution in [0.15, 0.2) is 60.2 Å². The number of aromatic nitrogens is 1. The summed E-state index contributed by atoms with van der Waals surface area (Å²) in [5.41, 5.74) is 2.53. The van der Waals surface area contributed by atoms with Crippen molar-refractivity contribution in [1.82, 2.24) is 4.98 Å². The number of halogens is 1. The van der Waals surface area contributed by atoms with Gasteiger partial charge in [0.1, 0.15) is 17.6 Å². The van der Waals surface area contributed by atoms with Crippen LogP contribution in [-0.2, 0) is 16.0 Å². The van der Waals surface area contributed by atoms with E-state index < -0.39 is 17.7 Å². The van der Waals surface area contributed by atoms with Gasteiger partial charge in [-0.25, -0.2) is 4.98 Å². The van der Waals surface area contributed by atoms with Crippen LogP contribution in [0.25, 0.3) is 16.0 Å². The summed E-state index contributed by atoms with van der Waals surface area (Å²) in [6.07, 6.45) is 3.73. The highest BCUT2D eigenvalue weighted by molar-refractivity contribution is 7.22. The topological polar surface area (TPSA) is 98.2 Å². The average Bonchev–Trinajstić information content (AvgIpc) is 3.66. The number of rotatable bonds is 9. The van der Waals surface area contributed by atoms with Crippen molar-refractivity contribution in [3.05, 3.63) is 81.9 Å². The van der Waals surface area contributed by atoms with E-state index in [1.165, 1.54) is 16.2 Å². The number of carbonyl (C=O) groups excluding carboxylic acids is 2. The number of carbonyl (C=O) groups is 2. The fourth-order valence-electron chi connectivity index (χ4n) is 5.57. The largest absolute Gasteiger partial charge is 0.507 e. The molecular formula is C33H31ClN2O6S. The quantitative estimate of drug-likeness (QED) is 0.0899. The van der Waals surface area contributed by atoms with E-state index in [-0.39, 0.29) is 17.4 Å². The van der Waals surface area contributed by atoms with Gasteiger partial charge < -0.3 is 19.3 Å². The molecule has 3 heterocycles. The Balaban J connectivity index is 1.48. The number of fused-ring (bicyclic) bond motifs is 2. The summed E-state index contributed by atoms with van der Waals surface area (Å²) in [5.74, 6) is -0.0943. The molecule has 3 aromatic carbocycles. The third-order valence-electron chi connectivity index (χ3n) is 7.67. The Hall–Kier alpha value is -4.08. The maximum absolute atomic E-state index is 13.7. The van der Waals surface area contributed by atoms with Gasteiger partial charge in [-0.05, 0) is 73.0 Å². The standard InChI is InChI=1S/C33H31ClN2O6S/c1-4-5-6-13-41-25-12-7-19(16-26(25)40-3)29-28(30(37)20-8-11-24-21(15-20)14-18(2)42-24)31(38)32(39)36(29)33-35-23-10-9-22(34)17-27(23)43-33/h7-12,15-18,29,37H,4-6,13-14H2,1-3H3. The summed E-state index contributed by atoms with van der Waals surface area (Å²) in [5, 5.41) is 12.5. The molecule has 2 aliphatic heterocycles. The van der Waals surface area contributed by atoms with E-state index in [4.69, 9.17) is 25.8 Å². The second-order valence-corrected chi connectivity index (χ2v) is 12.1. The van der Waals surface area contributed by atoms with Gasteiger partial charge in [-0.1, -0.05) is 48.8 Å². The zero-order valence-corrected chi connectivity index (χ0v) is 25.6. The first-order chi connectivity index (χ1) is 20.8. The minimum Gasteiger partial charge on any atom is -0.507 e. The molecule has 10 heteroatoms. The van der Waals surface area contributed by atoms with Gasteiger partial charge in [-0.15, -0.1) is 0 Å².